The molecule has 3 heterocycles. The first kappa shape index (κ1) is 23.1. The monoisotopic (exact) mass is 448 g/mol. The Morgan fingerprint density at radius 1 is 1.18 bits per heavy atom. The van der Waals surface area contributed by atoms with Crippen LogP contribution in [0.1, 0.15) is 57.7 Å². The van der Waals surface area contributed by atoms with E-state index < -0.39 is 5.60 Å². The molecule has 1 aliphatic rings. The fourth-order valence-corrected chi connectivity index (χ4v) is 4.04. The summed E-state index contributed by atoms with van der Waals surface area (Å²) in [7, 11) is 0. The molecule has 0 atom stereocenters. The van der Waals surface area contributed by atoms with Gasteiger partial charge in [0.15, 0.2) is 0 Å². The molecular formula is C26H32N4O3. The lowest BCUT2D eigenvalue weighted by atomic mass is 10.0. The topological polar surface area (TPSA) is 97.1 Å². The fraction of sp³-hybridized carbons (Fsp3) is 0.462. The molecule has 0 saturated heterocycles. The van der Waals surface area contributed by atoms with E-state index in [4.69, 9.17) is 0 Å². The van der Waals surface area contributed by atoms with Gasteiger partial charge in [-0.1, -0.05) is 13.3 Å². The van der Waals surface area contributed by atoms with Gasteiger partial charge in [0.2, 0.25) is 5.91 Å². The van der Waals surface area contributed by atoms with Crippen molar-refractivity contribution in [3.05, 3.63) is 52.2 Å². The van der Waals surface area contributed by atoms with E-state index in [1.54, 1.807) is 36.9 Å². The van der Waals surface area contributed by atoms with Gasteiger partial charge in [0.1, 0.15) is 5.82 Å². The lowest BCUT2D eigenvalue weighted by Crippen LogP contribution is -2.33. The molecule has 2 N–H and O–H groups in total. The van der Waals surface area contributed by atoms with Gasteiger partial charge in [-0.3, -0.25) is 14.6 Å². The number of amides is 1. The van der Waals surface area contributed by atoms with E-state index >= 15 is 0 Å². The van der Waals surface area contributed by atoms with Crippen molar-refractivity contribution in [2.24, 2.45) is 5.92 Å². The Kier molecular flexibility index (Phi) is 6.34. The number of nitrogens with one attached hydrogen (secondary N) is 1. The molecule has 3 aromatic rings. The van der Waals surface area contributed by atoms with Crippen LogP contribution in [-0.4, -0.2) is 31.1 Å². The lowest BCUT2D eigenvalue weighted by Gasteiger charge is -2.22. The number of aromatic nitrogens is 3. The molecule has 0 radical (unpaired) electrons. The number of unbranched alkanes of at least 4 members (excludes halogenated alkanes) is 1. The van der Waals surface area contributed by atoms with E-state index in [2.05, 4.69) is 22.2 Å². The Morgan fingerprint density at radius 2 is 1.94 bits per heavy atom. The summed E-state index contributed by atoms with van der Waals surface area (Å²) in [5.74, 6) is 0.424. The molecule has 1 fully saturated rings. The molecular weight excluding hydrogens is 416 g/mol. The zero-order chi connectivity index (χ0) is 23.8. The molecule has 4 rings (SSSR count). The van der Waals surface area contributed by atoms with Gasteiger partial charge in [-0.2, -0.15) is 0 Å². The SMILES string of the molecule is CCCCc1cc(C)c(-c2cc3cnc(NC(=O)C4CC4)cc3n(CC(C)(C)O)c2=O)cn1. The first-order valence-electron chi connectivity index (χ1n) is 11.7. The predicted octanol–water partition coefficient (Wildman–Crippen LogP) is 4.23. The van der Waals surface area contributed by atoms with E-state index in [0.717, 1.165) is 54.3 Å². The largest absolute Gasteiger partial charge is 0.389 e. The van der Waals surface area contributed by atoms with Crippen molar-refractivity contribution in [3.63, 3.8) is 0 Å². The maximum absolute atomic E-state index is 13.6. The molecule has 3 aromatic heterocycles. The van der Waals surface area contributed by atoms with Crippen LogP contribution in [0.3, 0.4) is 0 Å². The molecule has 7 nitrogen and oxygen atoms in total. The molecule has 1 amide bonds. The number of carbonyl (C=O) groups is 1. The zero-order valence-electron chi connectivity index (χ0n) is 19.8. The predicted molar refractivity (Wildman–Crippen MR) is 130 cm³/mol. The van der Waals surface area contributed by atoms with Crippen molar-refractivity contribution in [1.82, 2.24) is 14.5 Å². The number of anilines is 1. The minimum absolute atomic E-state index is 0.0419. The number of hydrogen-bond donors (Lipinski definition) is 2. The van der Waals surface area contributed by atoms with Crippen molar-refractivity contribution in [1.29, 1.82) is 0 Å². The molecule has 1 saturated carbocycles. The first-order chi connectivity index (χ1) is 15.7. The molecule has 0 bridgehead atoms. The number of pyridine rings is 3. The van der Waals surface area contributed by atoms with Crippen molar-refractivity contribution in [2.75, 3.05) is 5.32 Å². The summed E-state index contributed by atoms with van der Waals surface area (Å²) in [6.45, 7) is 7.59. The first-order valence-corrected chi connectivity index (χ1v) is 11.7. The van der Waals surface area contributed by atoms with Gasteiger partial charge >= 0.3 is 0 Å². The molecule has 0 aromatic carbocycles. The van der Waals surface area contributed by atoms with Gasteiger partial charge in [0.05, 0.1) is 17.7 Å². The van der Waals surface area contributed by atoms with Crippen LogP contribution in [0.4, 0.5) is 5.82 Å². The van der Waals surface area contributed by atoms with Gasteiger partial charge in [0.25, 0.3) is 5.56 Å². The third-order valence-electron chi connectivity index (χ3n) is 5.97. The smallest absolute Gasteiger partial charge is 0.259 e. The standard InChI is InChI=1S/C26H32N4O3/c1-5-6-7-19-10-16(2)21(14-27-19)20-11-18-13-28-23(29-24(31)17-8-9-17)12-22(18)30(25(20)32)15-26(3,4)33/h10-14,17,33H,5-9,15H2,1-4H3,(H,28,29,31). The van der Waals surface area contributed by atoms with Gasteiger partial charge in [0, 0.05) is 46.6 Å². The maximum Gasteiger partial charge on any atom is 0.259 e. The number of aryl methyl sites for hydroxylation is 2. The summed E-state index contributed by atoms with van der Waals surface area (Å²) in [5.41, 5.74) is 2.62. The zero-order valence-corrected chi connectivity index (χ0v) is 19.8. The van der Waals surface area contributed by atoms with Crippen molar-refractivity contribution < 1.29 is 9.90 Å². The summed E-state index contributed by atoms with van der Waals surface area (Å²) in [6, 6.07) is 5.59. The Morgan fingerprint density at radius 3 is 2.58 bits per heavy atom. The van der Waals surface area contributed by atoms with Crippen LogP contribution in [0.2, 0.25) is 0 Å². The van der Waals surface area contributed by atoms with Crippen molar-refractivity contribution in [2.45, 2.75) is 71.9 Å². The molecule has 1 aliphatic carbocycles. The van der Waals surface area contributed by atoms with E-state index in [1.165, 1.54) is 0 Å². The fourth-order valence-electron chi connectivity index (χ4n) is 4.04. The number of aliphatic hydroxyl groups is 1. The molecule has 0 unspecified atom stereocenters. The summed E-state index contributed by atoms with van der Waals surface area (Å²) in [4.78, 5) is 34.8. The Labute approximate surface area is 193 Å². The molecule has 7 heteroatoms. The number of carbonyl (C=O) groups excluding carboxylic acids is 1. The number of fused-ring (bicyclic) bond motifs is 1. The Hall–Kier alpha value is -3.06. The highest BCUT2D eigenvalue weighted by Gasteiger charge is 2.30. The molecule has 33 heavy (non-hydrogen) atoms. The van der Waals surface area contributed by atoms with Crippen LogP contribution < -0.4 is 10.9 Å². The van der Waals surface area contributed by atoms with Crippen LogP contribution in [0.25, 0.3) is 22.0 Å². The van der Waals surface area contributed by atoms with Crippen molar-refractivity contribution >= 4 is 22.6 Å². The number of rotatable bonds is 8. The summed E-state index contributed by atoms with van der Waals surface area (Å²) in [5, 5.41) is 14.1. The molecule has 0 aliphatic heterocycles. The molecule has 174 valence electrons. The summed E-state index contributed by atoms with van der Waals surface area (Å²) >= 11 is 0. The normalized spacial score (nSPS) is 14.0. The Balaban J connectivity index is 1.82. The van der Waals surface area contributed by atoms with Crippen LogP contribution in [0.15, 0.2) is 35.4 Å². The van der Waals surface area contributed by atoms with Crippen LogP contribution >= 0.6 is 0 Å². The van der Waals surface area contributed by atoms with E-state index in [9.17, 15) is 14.7 Å². The van der Waals surface area contributed by atoms with Gasteiger partial charge in [-0.15, -0.1) is 0 Å². The highest BCUT2D eigenvalue weighted by Crippen LogP contribution is 2.31. The minimum atomic E-state index is -1.10. The lowest BCUT2D eigenvalue weighted by molar-refractivity contribution is -0.117. The van der Waals surface area contributed by atoms with Crippen LogP contribution in [-0.2, 0) is 17.8 Å². The highest BCUT2D eigenvalue weighted by atomic mass is 16.3. The van der Waals surface area contributed by atoms with E-state index in [0.29, 0.717) is 16.9 Å². The minimum Gasteiger partial charge on any atom is -0.389 e. The quantitative estimate of drug-likeness (QED) is 0.538. The van der Waals surface area contributed by atoms with Gasteiger partial charge < -0.3 is 15.0 Å². The van der Waals surface area contributed by atoms with Crippen LogP contribution in [0.5, 0.6) is 0 Å². The summed E-state index contributed by atoms with van der Waals surface area (Å²) < 4.78 is 1.57. The second-order valence-electron chi connectivity index (χ2n) is 9.75. The second-order valence-corrected chi connectivity index (χ2v) is 9.75. The second kappa shape index (κ2) is 9.06. The highest BCUT2D eigenvalue weighted by molar-refractivity contribution is 5.95. The average molecular weight is 449 g/mol. The third-order valence-corrected chi connectivity index (χ3v) is 5.97. The van der Waals surface area contributed by atoms with Gasteiger partial charge in [-0.05, 0) is 64.2 Å². The van der Waals surface area contributed by atoms with E-state index in [-0.39, 0.29) is 23.9 Å². The Bertz CT molecular complexity index is 1250. The third kappa shape index (κ3) is 5.30. The van der Waals surface area contributed by atoms with E-state index in [1.807, 2.05) is 19.1 Å². The van der Waals surface area contributed by atoms with Gasteiger partial charge in [-0.25, -0.2) is 4.98 Å². The number of nitrogens with zero attached hydrogens (tertiary/aromatic N) is 3. The van der Waals surface area contributed by atoms with Crippen LogP contribution in [0, 0.1) is 12.8 Å². The molecule has 0 spiro atoms. The number of hydrogen-bond acceptors (Lipinski definition) is 5. The summed E-state index contributed by atoms with van der Waals surface area (Å²) in [6.07, 6.45) is 8.33. The van der Waals surface area contributed by atoms with Crippen molar-refractivity contribution in [3.8, 4) is 11.1 Å². The maximum atomic E-state index is 13.6. The average Bonchev–Trinajstić information content (AvgIpc) is 3.59.